The summed E-state index contributed by atoms with van der Waals surface area (Å²) in [6.45, 7) is 1.64. The SMILES string of the molecule is CCCCc1nc(C(F)(F)C(F)(F)C(F)(F)F)nn1Cc1ccc(-c2ccccc2-c2nn[nH]n2)cc1. The maximum absolute atomic E-state index is 14.3. The van der Waals surface area contributed by atoms with Crippen molar-refractivity contribution in [2.75, 3.05) is 0 Å². The van der Waals surface area contributed by atoms with Gasteiger partial charge in [0.05, 0.1) is 6.54 Å². The Labute approximate surface area is 205 Å². The van der Waals surface area contributed by atoms with Gasteiger partial charge in [-0.25, -0.2) is 9.67 Å². The average Bonchev–Trinajstić information content (AvgIpc) is 3.53. The zero-order chi connectivity index (χ0) is 26.8. The maximum Gasteiger partial charge on any atom is 0.460 e. The molecule has 2 heterocycles. The van der Waals surface area contributed by atoms with Crippen LogP contribution in [0.2, 0.25) is 0 Å². The van der Waals surface area contributed by atoms with E-state index in [1.54, 1.807) is 31.2 Å². The van der Waals surface area contributed by atoms with Gasteiger partial charge in [0.25, 0.3) is 0 Å². The van der Waals surface area contributed by atoms with Gasteiger partial charge in [0.15, 0.2) is 0 Å². The molecule has 0 atom stereocenters. The first kappa shape index (κ1) is 26.2. The van der Waals surface area contributed by atoms with Gasteiger partial charge in [-0.1, -0.05) is 61.9 Å². The highest BCUT2D eigenvalue weighted by atomic mass is 19.4. The summed E-state index contributed by atoms with van der Waals surface area (Å²) in [5.41, 5.74) is 2.81. The van der Waals surface area contributed by atoms with E-state index in [4.69, 9.17) is 0 Å². The first-order valence-electron chi connectivity index (χ1n) is 11.1. The van der Waals surface area contributed by atoms with Crippen molar-refractivity contribution in [3.8, 4) is 22.5 Å². The van der Waals surface area contributed by atoms with E-state index in [0.717, 1.165) is 15.8 Å². The van der Waals surface area contributed by atoms with Crippen LogP contribution in [-0.2, 0) is 18.9 Å². The summed E-state index contributed by atoms with van der Waals surface area (Å²) in [5, 5.41) is 17.3. The number of hydrogen-bond donors (Lipinski definition) is 1. The van der Waals surface area contributed by atoms with Crippen LogP contribution >= 0.6 is 0 Å². The lowest BCUT2D eigenvalue weighted by molar-refractivity contribution is -0.361. The van der Waals surface area contributed by atoms with Crippen LogP contribution in [0.4, 0.5) is 30.7 Å². The minimum atomic E-state index is -6.47. The van der Waals surface area contributed by atoms with Gasteiger partial charge in [-0.15, -0.1) is 15.3 Å². The maximum atomic E-state index is 14.3. The third kappa shape index (κ3) is 5.04. The lowest BCUT2D eigenvalue weighted by atomic mass is 9.98. The second-order valence-electron chi connectivity index (χ2n) is 8.24. The summed E-state index contributed by atoms with van der Waals surface area (Å²) in [7, 11) is 0. The second-order valence-corrected chi connectivity index (χ2v) is 8.24. The Morgan fingerprint density at radius 2 is 1.57 bits per heavy atom. The number of rotatable bonds is 9. The Bertz CT molecular complexity index is 1330. The van der Waals surface area contributed by atoms with Gasteiger partial charge in [0.1, 0.15) is 5.82 Å². The molecule has 196 valence electrons. The summed E-state index contributed by atoms with van der Waals surface area (Å²) in [4.78, 5) is 3.40. The molecule has 0 amide bonds. The Hall–Kier alpha value is -3.84. The van der Waals surface area contributed by atoms with Crippen molar-refractivity contribution in [3.63, 3.8) is 0 Å². The van der Waals surface area contributed by atoms with Crippen molar-refractivity contribution in [2.45, 2.75) is 50.8 Å². The molecule has 2 aromatic heterocycles. The summed E-state index contributed by atoms with van der Waals surface area (Å²) >= 11 is 0. The van der Waals surface area contributed by atoms with Crippen molar-refractivity contribution >= 4 is 0 Å². The van der Waals surface area contributed by atoms with Crippen molar-refractivity contribution in [1.29, 1.82) is 0 Å². The fraction of sp³-hybridized carbons (Fsp3) is 0.348. The Morgan fingerprint density at radius 3 is 2.16 bits per heavy atom. The van der Waals surface area contributed by atoms with Crippen LogP contribution < -0.4 is 0 Å². The lowest BCUT2D eigenvalue weighted by Crippen LogP contribution is -2.50. The van der Waals surface area contributed by atoms with Gasteiger partial charge >= 0.3 is 18.0 Å². The highest BCUT2D eigenvalue weighted by Crippen LogP contribution is 2.50. The van der Waals surface area contributed by atoms with Gasteiger partial charge in [0.2, 0.25) is 11.6 Å². The van der Waals surface area contributed by atoms with E-state index in [1.807, 2.05) is 24.3 Å². The van der Waals surface area contributed by atoms with E-state index in [1.165, 1.54) is 0 Å². The van der Waals surface area contributed by atoms with E-state index in [0.29, 0.717) is 29.8 Å². The Balaban J connectivity index is 1.64. The number of alkyl halides is 7. The number of aromatic amines is 1. The highest BCUT2D eigenvalue weighted by Gasteiger charge is 2.75. The molecule has 0 aliphatic heterocycles. The Kier molecular flexibility index (Phi) is 7.02. The summed E-state index contributed by atoms with van der Waals surface area (Å²) in [6.07, 6.45) is -5.33. The molecule has 14 heteroatoms. The molecule has 37 heavy (non-hydrogen) atoms. The van der Waals surface area contributed by atoms with Gasteiger partial charge in [-0.05, 0) is 28.3 Å². The quantitative estimate of drug-likeness (QED) is 0.278. The number of nitrogens with one attached hydrogen (secondary N) is 1. The van der Waals surface area contributed by atoms with E-state index in [-0.39, 0.29) is 18.8 Å². The molecule has 0 spiro atoms. The third-order valence-electron chi connectivity index (χ3n) is 5.64. The molecule has 0 saturated heterocycles. The predicted octanol–water partition coefficient (Wildman–Crippen LogP) is 5.81. The van der Waals surface area contributed by atoms with E-state index >= 15 is 0 Å². The lowest BCUT2D eigenvalue weighted by Gasteiger charge is -2.25. The zero-order valence-electron chi connectivity index (χ0n) is 19.3. The van der Waals surface area contributed by atoms with Gasteiger partial charge < -0.3 is 0 Å². The standard InChI is InChI=1S/C23H20F7N7/c1-2-3-8-18-31-20(21(24,25)22(26,27)23(28,29)30)34-37(18)13-14-9-11-15(12-10-14)16-6-4-5-7-17(16)19-32-35-36-33-19/h4-7,9-12H,2-3,8,13H2,1H3,(H,32,33,35,36). The van der Waals surface area contributed by atoms with Crippen molar-refractivity contribution < 1.29 is 30.7 Å². The van der Waals surface area contributed by atoms with Crippen LogP contribution in [0.3, 0.4) is 0 Å². The molecule has 0 aliphatic carbocycles. The Morgan fingerprint density at radius 1 is 0.892 bits per heavy atom. The molecule has 1 N–H and O–H groups in total. The fourth-order valence-electron chi connectivity index (χ4n) is 3.64. The summed E-state index contributed by atoms with van der Waals surface area (Å²) in [6, 6.07) is 14.1. The minimum Gasteiger partial charge on any atom is -0.245 e. The molecule has 4 rings (SSSR count). The van der Waals surface area contributed by atoms with E-state index in [9.17, 15) is 30.7 Å². The molecule has 2 aromatic carbocycles. The third-order valence-corrected chi connectivity index (χ3v) is 5.64. The number of aryl methyl sites for hydroxylation is 1. The first-order valence-corrected chi connectivity index (χ1v) is 11.1. The van der Waals surface area contributed by atoms with Gasteiger partial charge in [-0.2, -0.15) is 35.9 Å². The molecule has 0 unspecified atom stereocenters. The van der Waals surface area contributed by atoms with E-state index in [2.05, 4.69) is 30.7 Å². The van der Waals surface area contributed by atoms with Crippen molar-refractivity contribution in [2.24, 2.45) is 0 Å². The monoisotopic (exact) mass is 527 g/mol. The average molecular weight is 527 g/mol. The fourth-order valence-corrected chi connectivity index (χ4v) is 3.64. The molecule has 0 aliphatic rings. The molecular formula is C23H20F7N7. The van der Waals surface area contributed by atoms with Gasteiger partial charge in [0, 0.05) is 12.0 Å². The number of nitrogens with zero attached hydrogens (tertiary/aromatic N) is 6. The molecule has 0 saturated carbocycles. The van der Waals surface area contributed by atoms with Crippen LogP contribution in [0.15, 0.2) is 48.5 Å². The molecule has 0 bridgehead atoms. The molecular weight excluding hydrogens is 507 g/mol. The summed E-state index contributed by atoms with van der Waals surface area (Å²) in [5.74, 6) is -13.6. The molecule has 4 aromatic rings. The van der Waals surface area contributed by atoms with Gasteiger partial charge in [-0.3, -0.25) is 0 Å². The van der Waals surface area contributed by atoms with Crippen LogP contribution in [0.1, 0.15) is 37.0 Å². The number of aromatic nitrogens is 7. The number of benzene rings is 2. The topological polar surface area (TPSA) is 85.2 Å². The zero-order valence-corrected chi connectivity index (χ0v) is 19.3. The number of tetrazole rings is 1. The number of hydrogen-bond acceptors (Lipinski definition) is 5. The van der Waals surface area contributed by atoms with E-state index < -0.39 is 23.8 Å². The second kappa shape index (κ2) is 9.90. The van der Waals surface area contributed by atoms with Crippen LogP contribution in [0, 0.1) is 0 Å². The highest BCUT2D eigenvalue weighted by molar-refractivity contribution is 5.80. The van der Waals surface area contributed by atoms with Crippen LogP contribution in [0.25, 0.3) is 22.5 Å². The van der Waals surface area contributed by atoms with Crippen molar-refractivity contribution in [3.05, 3.63) is 65.7 Å². The smallest absolute Gasteiger partial charge is 0.245 e. The summed E-state index contributed by atoms with van der Waals surface area (Å²) < 4.78 is 94.6. The molecule has 0 radical (unpaired) electrons. The van der Waals surface area contributed by atoms with Crippen molar-refractivity contribution in [1.82, 2.24) is 35.4 Å². The number of unbranched alkanes of at least 4 members (excludes halogenated alkanes) is 1. The number of H-pyrrole nitrogens is 1. The predicted molar refractivity (Wildman–Crippen MR) is 118 cm³/mol. The molecule has 7 nitrogen and oxygen atoms in total. The minimum absolute atomic E-state index is 0.0767. The number of halogens is 7. The van der Waals surface area contributed by atoms with Crippen LogP contribution in [0.5, 0.6) is 0 Å². The molecule has 0 fully saturated rings. The largest absolute Gasteiger partial charge is 0.460 e. The first-order chi connectivity index (χ1) is 17.5. The normalized spacial score (nSPS) is 12.8. The van der Waals surface area contributed by atoms with Crippen LogP contribution in [-0.4, -0.2) is 47.5 Å².